The third-order valence-electron chi connectivity index (χ3n) is 4.16. The lowest BCUT2D eigenvalue weighted by atomic mass is 9.64. The van der Waals surface area contributed by atoms with Crippen LogP contribution in [-0.4, -0.2) is 29.2 Å². The number of ether oxygens (including phenoxy) is 1. The van der Waals surface area contributed by atoms with Crippen molar-refractivity contribution in [3.05, 3.63) is 24.3 Å². The summed E-state index contributed by atoms with van der Waals surface area (Å²) in [5.74, 6) is 0.851. The first kappa shape index (κ1) is 11.5. The van der Waals surface area contributed by atoms with Gasteiger partial charge in [-0.25, -0.2) is 4.98 Å². The van der Waals surface area contributed by atoms with Gasteiger partial charge >= 0.3 is 0 Å². The van der Waals surface area contributed by atoms with Crippen LogP contribution in [0.3, 0.4) is 0 Å². The van der Waals surface area contributed by atoms with Crippen LogP contribution in [0.1, 0.15) is 20.3 Å². The third kappa shape index (κ3) is 1.68. The molecule has 1 fully saturated rings. The van der Waals surface area contributed by atoms with Gasteiger partial charge in [-0.3, -0.25) is 0 Å². The monoisotopic (exact) mass is 245 g/mol. The highest BCUT2D eigenvalue weighted by molar-refractivity contribution is 5.77. The van der Waals surface area contributed by atoms with Crippen LogP contribution in [0, 0.1) is 5.41 Å². The zero-order chi connectivity index (χ0) is 12.8. The molecule has 18 heavy (non-hydrogen) atoms. The maximum atomic E-state index is 5.46. The van der Waals surface area contributed by atoms with Crippen molar-refractivity contribution in [1.29, 1.82) is 0 Å². The van der Waals surface area contributed by atoms with Gasteiger partial charge in [0.05, 0.1) is 17.1 Å². The highest BCUT2D eigenvalue weighted by atomic mass is 16.5. The molecule has 1 heterocycles. The van der Waals surface area contributed by atoms with Crippen molar-refractivity contribution in [3.8, 4) is 0 Å². The van der Waals surface area contributed by atoms with Crippen LogP contribution in [0.5, 0.6) is 0 Å². The molecule has 0 spiro atoms. The van der Waals surface area contributed by atoms with Gasteiger partial charge in [0.15, 0.2) is 0 Å². The number of hydrogen-bond acceptors (Lipinski definition) is 3. The molecule has 96 valence electrons. The quantitative estimate of drug-likeness (QED) is 0.874. The van der Waals surface area contributed by atoms with E-state index in [2.05, 4.69) is 29.1 Å². The topological polar surface area (TPSA) is 49.9 Å². The summed E-state index contributed by atoms with van der Waals surface area (Å²) in [4.78, 5) is 7.85. The Kier molecular flexibility index (Phi) is 2.55. The fourth-order valence-electron chi connectivity index (χ4n) is 2.72. The van der Waals surface area contributed by atoms with Crippen molar-refractivity contribution in [3.63, 3.8) is 0 Å². The van der Waals surface area contributed by atoms with Crippen molar-refractivity contribution in [2.24, 2.45) is 5.41 Å². The number of fused-ring (bicyclic) bond motifs is 1. The highest BCUT2D eigenvalue weighted by Crippen LogP contribution is 2.43. The number of benzene rings is 1. The molecule has 0 radical (unpaired) electrons. The predicted molar refractivity (Wildman–Crippen MR) is 72.7 cm³/mol. The SMILES string of the molecule is COC1CC(Nc2nc3ccccc3[nH]2)C1(C)C. The molecule has 1 saturated carbocycles. The van der Waals surface area contributed by atoms with Crippen molar-refractivity contribution in [1.82, 2.24) is 9.97 Å². The van der Waals surface area contributed by atoms with E-state index in [9.17, 15) is 0 Å². The second-order valence-corrected chi connectivity index (χ2v) is 5.58. The maximum Gasteiger partial charge on any atom is 0.201 e. The van der Waals surface area contributed by atoms with Gasteiger partial charge in [-0.15, -0.1) is 0 Å². The number of aromatic amines is 1. The summed E-state index contributed by atoms with van der Waals surface area (Å²) in [5.41, 5.74) is 2.22. The minimum atomic E-state index is 0.147. The summed E-state index contributed by atoms with van der Waals surface area (Å²) in [7, 11) is 1.78. The molecule has 2 unspecified atom stereocenters. The third-order valence-corrected chi connectivity index (χ3v) is 4.16. The van der Waals surface area contributed by atoms with E-state index in [1.54, 1.807) is 7.11 Å². The number of nitrogens with zero attached hydrogens (tertiary/aromatic N) is 1. The molecule has 3 rings (SSSR count). The Labute approximate surface area is 107 Å². The van der Waals surface area contributed by atoms with Crippen molar-refractivity contribution in [2.45, 2.75) is 32.4 Å². The Morgan fingerprint density at radius 2 is 2.17 bits per heavy atom. The molecule has 1 aromatic carbocycles. The molecule has 0 bridgehead atoms. The first-order chi connectivity index (χ1) is 8.61. The molecule has 4 heteroatoms. The van der Waals surface area contributed by atoms with E-state index < -0.39 is 0 Å². The lowest BCUT2D eigenvalue weighted by Crippen LogP contribution is -2.57. The van der Waals surface area contributed by atoms with Gasteiger partial charge in [-0.2, -0.15) is 0 Å². The summed E-state index contributed by atoms with van der Waals surface area (Å²) in [5, 5.41) is 3.48. The normalized spacial score (nSPS) is 25.9. The Morgan fingerprint density at radius 3 is 2.83 bits per heavy atom. The standard InChI is InChI=1S/C14H19N3O/c1-14(2)11(8-12(14)18-3)17-13-15-9-6-4-5-7-10(9)16-13/h4-7,11-12H,8H2,1-3H3,(H2,15,16,17). The van der Waals surface area contributed by atoms with Crippen LogP contribution in [0.4, 0.5) is 5.95 Å². The molecular weight excluding hydrogens is 226 g/mol. The first-order valence-electron chi connectivity index (χ1n) is 6.35. The summed E-state index contributed by atoms with van der Waals surface area (Å²) in [6, 6.07) is 8.47. The van der Waals surface area contributed by atoms with Gasteiger partial charge in [0.25, 0.3) is 0 Å². The molecule has 1 aromatic heterocycles. The number of H-pyrrole nitrogens is 1. The van der Waals surface area contributed by atoms with Crippen LogP contribution < -0.4 is 5.32 Å². The number of para-hydroxylation sites is 2. The van der Waals surface area contributed by atoms with E-state index in [-0.39, 0.29) is 5.41 Å². The Balaban J connectivity index is 1.78. The molecule has 1 aliphatic carbocycles. The van der Waals surface area contributed by atoms with Crippen LogP contribution in [0.15, 0.2) is 24.3 Å². The molecule has 0 saturated heterocycles. The van der Waals surface area contributed by atoms with Gasteiger partial charge in [-0.1, -0.05) is 26.0 Å². The molecule has 1 aliphatic rings. The van der Waals surface area contributed by atoms with E-state index in [1.165, 1.54) is 0 Å². The lowest BCUT2D eigenvalue weighted by Gasteiger charge is -2.51. The molecule has 2 aromatic rings. The highest BCUT2D eigenvalue weighted by Gasteiger charge is 2.48. The Bertz CT molecular complexity index is 528. The van der Waals surface area contributed by atoms with E-state index in [0.29, 0.717) is 12.1 Å². The van der Waals surface area contributed by atoms with Gasteiger partial charge in [0.1, 0.15) is 0 Å². The van der Waals surface area contributed by atoms with Crippen molar-refractivity contribution < 1.29 is 4.74 Å². The number of aromatic nitrogens is 2. The summed E-state index contributed by atoms with van der Waals surface area (Å²) >= 11 is 0. The number of methoxy groups -OCH3 is 1. The van der Waals surface area contributed by atoms with Crippen molar-refractivity contribution in [2.75, 3.05) is 12.4 Å². The summed E-state index contributed by atoms with van der Waals surface area (Å²) < 4.78 is 5.46. The Hall–Kier alpha value is -1.55. The number of hydrogen-bond donors (Lipinski definition) is 2. The fourth-order valence-corrected chi connectivity index (χ4v) is 2.72. The number of anilines is 1. The Morgan fingerprint density at radius 1 is 1.39 bits per heavy atom. The van der Waals surface area contributed by atoms with Gasteiger partial charge in [0.2, 0.25) is 5.95 Å². The number of nitrogens with one attached hydrogen (secondary N) is 2. The smallest absolute Gasteiger partial charge is 0.201 e. The van der Waals surface area contributed by atoms with E-state index in [1.807, 2.05) is 24.3 Å². The minimum Gasteiger partial charge on any atom is -0.381 e. The molecular formula is C14H19N3O. The van der Waals surface area contributed by atoms with Crippen molar-refractivity contribution >= 4 is 17.0 Å². The number of imidazole rings is 1. The lowest BCUT2D eigenvalue weighted by molar-refractivity contribution is -0.0796. The minimum absolute atomic E-state index is 0.147. The largest absolute Gasteiger partial charge is 0.381 e. The average molecular weight is 245 g/mol. The molecule has 4 nitrogen and oxygen atoms in total. The van der Waals surface area contributed by atoms with Gasteiger partial charge in [0, 0.05) is 18.6 Å². The molecule has 2 atom stereocenters. The van der Waals surface area contributed by atoms with E-state index in [0.717, 1.165) is 23.4 Å². The maximum absolute atomic E-state index is 5.46. The number of rotatable bonds is 3. The molecule has 0 amide bonds. The van der Waals surface area contributed by atoms with Crippen LogP contribution in [0.25, 0.3) is 11.0 Å². The zero-order valence-electron chi connectivity index (χ0n) is 11.0. The zero-order valence-corrected chi connectivity index (χ0v) is 11.0. The predicted octanol–water partition coefficient (Wildman–Crippen LogP) is 2.79. The van der Waals surface area contributed by atoms with Gasteiger partial charge in [-0.05, 0) is 18.6 Å². The van der Waals surface area contributed by atoms with Gasteiger partial charge < -0.3 is 15.0 Å². The van der Waals surface area contributed by atoms with Crippen LogP contribution >= 0.6 is 0 Å². The van der Waals surface area contributed by atoms with E-state index >= 15 is 0 Å². The van der Waals surface area contributed by atoms with Crippen LogP contribution in [-0.2, 0) is 4.74 Å². The van der Waals surface area contributed by atoms with E-state index in [4.69, 9.17) is 4.74 Å². The fraction of sp³-hybridized carbons (Fsp3) is 0.500. The second kappa shape index (κ2) is 3.99. The average Bonchev–Trinajstić information content (AvgIpc) is 2.76. The second-order valence-electron chi connectivity index (χ2n) is 5.58. The summed E-state index contributed by atoms with van der Waals surface area (Å²) in [6.07, 6.45) is 1.36. The molecule has 2 N–H and O–H groups in total. The van der Waals surface area contributed by atoms with Crippen LogP contribution in [0.2, 0.25) is 0 Å². The first-order valence-corrected chi connectivity index (χ1v) is 6.35. The summed E-state index contributed by atoms with van der Waals surface area (Å²) in [6.45, 7) is 4.45. The molecule has 0 aliphatic heterocycles.